The molecule has 0 spiro atoms. The Bertz CT molecular complexity index is 2230. The Labute approximate surface area is 325 Å². The standard InChI is InChI=1S/C42H50FN7O6/c1-8-9-13-19-50-34(22-28-16-17-31(45-37(28)50)26(2)44-40(52)56-42(3,4)5)38-46-32-21-29(23-35(54-7)36(32)48(38)6)39(51)47-33-24-49(20-18-30(33)43)41(53)55-25-27-14-11-10-12-15-27/h8,10-12,14-17,21-23,26,30,33H,1,9,13,18-20,24-25H2,2-7H3,(H,44,52)(H,47,51)/t26-,30+,33+/m1/s1. The second-order valence-corrected chi connectivity index (χ2v) is 15.0. The van der Waals surface area contributed by atoms with E-state index < -0.39 is 42.0 Å². The third-order valence-electron chi connectivity index (χ3n) is 9.69. The largest absolute Gasteiger partial charge is 0.494 e. The Morgan fingerprint density at radius 2 is 1.86 bits per heavy atom. The molecule has 4 heterocycles. The first-order chi connectivity index (χ1) is 26.8. The zero-order valence-electron chi connectivity index (χ0n) is 32.8. The molecule has 2 aromatic carbocycles. The van der Waals surface area contributed by atoms with Crippen molar-refractivity contribution in [3.8, 4) is 17.3 Å². The van der Waals surface area contributed by atoms with Crippen molar-refractivity contribution in [2.24, 2.45) is 7.05 Å². The van der Waals surface area contributed by atoms with Gasteiger partial charge in [0.15, 0.2) is 5.82 Å². The quantitative estimate of drug-likeness (QED) is 0.0976. The average Bonchev–Trinajstić information content (AvgIpc) is 3.70. The number of imidazole rings is 1. The van der Waals surface area contributed by atoms with Crippen LogP contribution in [-0.2, 0) is 29.7 Å². The molecule has 5 aromatic rings. The van der Waals surface area contributed by atoms with Crippen molar-refractivity contribution in [2.45, 2.75) is 84.0 Å². The molecule has 296 valence electrons. The number of aromatic nitrogens is 4. The average molecular weight is 768 g/mol. The number of piperidine rings is 1. The topological polar surface area (TPSA) is 142 Å². The second-order valence-electron chi connectivity index (χ2n) is 15.0. The van der Waals surface area contributed by atoms with Gasteiger partial charge in [0.25, 0.3) is 5.91 Å². The summed E-state index contributed by atoms with van der Waals surface area (Å²) in [6.45, 7) is 12.0. The smallest absolute Gasteiger partial charge is 0.410 e. The van der Waals surface area contributed by atoms with Crippen LogP contribution in [0.4, 0.5) is 14.0 Å². The highest BCUT2D eigenvalue weighted by Crippen LogP contribution is 2.35. The first-order valence-electron chi connectivity index (χ1n) is 18.8. The fraction of sp³-hybridized carbons (Fsp3) is 0.405. The fourth-order valence-electron chi connectivity index (χ4n) is 6.86. The van der Waals surface area contributed by atoms with E-state index in [1.807, 2.05) is 93.9 Å². The molecule has 0 radical (unpaired) electrons. The minimum absolute atomic E-state index is 0.0321. The van der Waals surface area contributed by atoms with Crippen molar-refractivity contribution in [1.29, 1.82) is 0 Å². The Balaban J connectivity index is 1.26. The van der Waals surface area contributed by atoms with Gasteiger partial charge in [0.05, 0.1) is 36.1 Å². The fourth-order valence-corrected chi connectivity index (χ4v) is 6.86. The summed E-state index contributed by atoms with van der Waals surface area (Å²) in [6, 6.07) is 17.1. The van der Waals surface area contributed by atoms with Gasteiger partial charge >= 0.3 is 12.2 Å². The van der Waals surface area contributed by atoms with Gasteiger partial charge in [-0.1, -0.05) is 36.4 Å². The van der Waals surface area contributed by atoms with Crippen molar-refractivity contribution in [2.75, 3.05) is 20.2 Å². The van der Waals surface area contributed by atoms with Gasteiger partial charge in [0, 0.05) is 37.6 Å². The summed E-state index contributed by atoms with van der Waals surface area (Å²) in [5.41, 5.74) is 3.81. The van der Waals surface area contributed by atoms with Crippen molar-refractivity contribution in [3.05, 3.63) is 90.1 Å². The number of alkyl carbamates (subject to hydrolysis) is 1. The number of fused-ring (bicyclic) bond motifs is 2. The summed E-state index contributed by atoms with van der Waals surface area (Å²) in [5.74, 6) is 0.515. The molecule has 13 nitrogen and oxygen atoms in total. The third kappa shape index (κ3) is 8.96. The van der Waals surface area contributed by atoms with Crippen LogP contribution in [0.15, 0.2) is 73.3 Å². The van der Waals surface area contributed by atoms with E-state index in [1.54, 1.807) is 12.1 Å². The lowest BCUT2D eigenvalue weighted by Gasteiger charge is -2.34. The number of nitrogens with zero attached hydrogens (tertiary/aromatic N) is 5. The van der Waals surface area contributed by atoms with Crippen LogP contribution in [0, 0.1) is 0 Å². The van der Waals surface area contributed by atoms with Crippen LogP contribution < -0.4 is 15.4 Å². The van der Waals surface area contributed by atoms with Crippen LogP contribution >= 0.6 is 0 Å². The Kier molecular flexibility index (Phi) is 12.0. The number of alkyl halides is 1. The molecule has 1 aliphatic rings. The Morgan fingerprint density at radius 3 is 2.57 bits per heavy atom. The number of hydrogen-bond acceptors (Lipinski definition) is 8. The maximum atomic E-state index is 15.2. The van der Waals surface area contributed by atoms with Gasteiger partial charge in [-0.2, -0.15) is 0 Å². The van der Waals surface area contributed by atoms with Crippen LogP contribution in [0.1, 0.15) is 74.6 Å². The van der Waals surface area contributed by atoms with E-state index in [4.69, 9.17) is 24.2 Å². The van der Waals surface area contributed by atoms with E-state index in [0.29, 0.717) is 34.8 Å². The highest BCUT2D eigenvalue weighted by atomic mass is 19.1. The molecule has 3 atom stereocenters. The molecule has 1 aliphatic heterocycles. The minimum atomic E-state index is -1.35. The number of hydrogen-bond donors (Lipinski definition) is 2. The maximum Gasteiger partial charge on any atom is 0.410 e. The van der Waals surface area contributed by atoms with Gasteiger partial charge in [-0.05, 0) is 82.9 Å². The minimum Gasteiger partial charge on any atom is -0.494 e. The van der Waals surface area contributed by atoms with E-state index in [2.05, 4.69) is 21.8 Å². The lowest BCUT2D eigenvalue weighted by molar-refractivity contribution is 0.0506. The number of aryl methyl sites for hydroxylation is 2. The molecule has 0 aliphatic carbocycles. The number of likely N-dealkylation sites (tertiary alicyclic amines) is 1. The van der Waals surface area contributed by atoms with Gasteiger partial charge in [-0.3, -0.25) is 4.79 Å². The SMILES string of the molecule is C=CCCCn1c(-c2nc3cc(C(=O)N[C@H]4CN(C(=O)OCc5ccccc5)CC[C@@H]4F)cc(OC)c3n2C)cc2ccc([C@@H](C)NC(=O)OC(C)(C)C)nc21. The highest BCUT2D eigenvalue weighted by Gasteiger charge is 2.34. The summed E-state index contributed by atoms with van der Waals surface area (Å²) >= 11 is 0. The Hall–Kier alpha value is -5.92. The van der Waals surface area contributed by atoms with E-state index >= 15 is 4.39 Å². The number of carbonyl (C=O) groups is 3. The highest BCUT2D eigenvalue weighted by molar-refractivity contribution is 6.00. The molecule has 14 heteroatoms. The molecule has 1 fully saturated rings. The van der Waals surface area contributed by atoms with Crippen LogP contribution in [0.5, 0.6) is 5.75 Å². The number of amides is 3. The van der Waals surface area contributed by atoms with Crippen molar-refractivity contribution in [1.82, 2.24) is 34.6 Å². The van der Waals surface area contributed by atoms with E-state index in [9.17, 15) is 14.4 Å². The van der Waals surface area contributed by atoms with E-state index in [1.165, 1.54) is 12.0 Å². The number of halogens is 1. The normalized spacial score (nSPS) is 16.4. The summed E-state index contributed by atoms with van der Waals surface area (Å²) in [6.07, 6.45) is 1.08. The molecule has 0 unspecified atom stereocenters. The number of pyridine rings is 1. The van der Waals surface area contributed by atoms with Crippen LogP contribution in [-0.4, -0.2) is 80.1 Å². The zero-order chi connectivity index (χ0) is 40.1. The van der Waals surface area contributed by atoms with Gasteiger partial charge in [0.1, 0.15) is 35.3 Å². The summed E-state index contributed by atoms with van der Waals surface area (Å²) in [5, 5.41) is 6.56. The molecule has 3 aromatic heterocycles. The summed E-state index contributed by atoms with van der Waals surface area (Å²) in [7, 11) is 3.40. The monoisotopic (exact) mass is 767 g/mol. The van der Waals surface area contributed by atoms with Crippen LogP contribution in [0.25, 0.3) is 33.6 Å². The molecule has 56 heavy (non-hydrogen) atoms. The number of carbonyl (C=O) groups excluding carboxylic acids is 3. The van der Waals surface area contributed by atoms with Crippen molar-refractivity contribution < 1.29 is 33.0 Å². The third-order valence-corrected chi connectivity index (χ3v) is 9.69. The Morgan fingerprint density at radius 1 is 1.09 bits per heavy atom. The molecular formula is C42H50FN7O6. The molecule has 6 rings (SSSR count). The first-order valence-corrected chi connectivity index (χ1v) is 18.8. The molecule has 0 bridgehead atoms. The van der Waals surface area contributed by atoms with Crippen LogP contribution in [0.3, 0.4) is 0 Å². The number of ether oxygens (including phenoxy) is 3. The van der Waals surface area contributed by atoms with Gasteiger partial charge in [-0.15, -0.1) is 6.58 Å². The summed E-state index contributed by atoms with van der Waals surface area (Å²) < 4.78 is 35.9. The van der Waals surface area contributed by atoms with Gasteiger partial charge in [-0.25, -0.2) is 23.9 Å². The number of allylic oxidation sites excluding steroid dienone is 1. The van der Waals surface area contributed by atoms with Gasteiger partial charge in [0.2, 0.25) is 0 Å². The van der Waals surface area contributed by atoms with Gasteiger partial charge < -0.3 is 38.9 Å². The van der Waals surface area contributed by atoms with Crippen molar-refractivity contribution in [3.63, 3.8) is 0 Å². The maximum absolute atomic E-state index is 15.2. The number of unbranched alkanes of at least 4 members (excludes halogenated alkanes) is 1. The second kappa shape index (κ2) is 16.8. The van der Waals surface area contributed by atoms with E-state index in [-0.39, 0.29) is 31.7 Å². The summed E-state index contributed by atoms with van der Waals surface area (Å²) in [4.78, 5) is 50.5. The first kappa shape index (κ1) is 39.8. The van der Waals surface area contributed by atoms with E-state index in [0.717, 1.165) is 35.1 Å². The number of nitrogens with one attached hydrogen (secondary N) is 2. The number of methoxy groups -OCH3 is 1. The number of benzene rings is 2. The van der Waals surface area contributed by atoms with Crippen LogP contribution in [0.2, 0.25) is 0 Å². The molecular weight excluding hydrogens is 718 g/mol. The molecule has 3 amide bonds. The zero-order valence-corrected chi connectivity index (χ0v) is 32.8. The molecule has 0 saturated carbocycles. The predicted octanol–water partition coefficient (Wildman–Crippen LogP) is 7.63. The molecule has 2 N–H and O–H groups in total. The van der Waals surface area contributed by atoms with Crippen molar-refractivity contribution >= 4 is 40.2 Å². The lowest BCUT2D eigenvalue weighted by Crippen LogP contribution is -2.55. The number of rotatable bonds is 12. The predicted molar refractivity (Wildman–Crippen MR) is 212 cm³/mol. The molecule has 1 saturated heterocycles. The lowest BCUT2D eigenvalue weighted by atomic mass is 10.0.